The van der Waals surface area contributed by atoms with E-state index >= 15 is 0 Å². The number of carbonyl (C=O) groups excluding carboxylic acids is 1. The lowest BCUT2D eigenvalue weighted by molar-refractivity contribution is -0.124. The molecule has 0 saturated heterocycles. The van der Waals surface area contributed by atoms with Gasteiger partial charge in [-0.3, -0.25) is 4.79 Å². The van der Waals surface area contributed by atoms with Crippen LogP contribution in [0, 0.1) is 0 Å². The summed E-state index contributed by atoms with van der Waals surface area (Å²) in [6.07, 6.45) is 8.25. The Hall–Kier alpha value is -1.10. The molecule has 0 unspecified atom stereocenters. The maximum Gasteiger partial charge on any atom is 0.237 e. The van der Waals surface area contributed by atoms with Gasteiger partial charge in [0.25, 0.3) is 0 Å². The predicted molar refractivity (Wildman–Crippen MR) is 103 cm³/mol. The Balaban J connectivity index is 0.00000169. The molecule has 130 valence electrons. The normalized spacial score (nSPS) is 21.6. The molecule has 2 N–H and O–H groups in total. The highest BCUT2D eigenvalue weighted by atomic mass is 35.5. The monoisotopic (exact) mass is 364 g/mol. The molecule has 1 atom stereocenters. The number of rotatable bonds is 2. The Morgan fingerprint density at radius 1 is 1.12 bits per heavy atom. The van der Waals surface area contributed by atoms with Crippen LogP contribution in [-0.2, 0) is 17.8 Å². The van der Waals surface area contributed by atoms with E-state index in [2.05, 4.69) is 34.9 Å². The topological polar surface area (TPSA) is 41.1 Å². The van der Waals surface area contributed by atoms with Crippen LogP contribution in [0.4, 0.5) is 0 Å². The molecule has 0 spiro atoms. The fourth-order valence-corrected chi connectivity index (χ4v) is 5.10. The first-order valence-electron chi connectivity index (χ1n) is 8.84. The largest absolute Gasteiger partial charge is 0.352 e. The van der Waals surface area contributed by atoms with Crippen LogP contribution in [0.2, 0.25) is 0 Å². The lowest BCUT2D eigenvalue weighted by atomic mass is 9.97. The van der Waals surface area contributed by atoms with Crippen molar-refractivity contribution in [1.29, 1.82) is 0 Å². The Morgan fingerprint density at radius 3 is 2.67 bits per heavy atom. The number of thiophene rings is 1. The van der Waals surface area contributed by atoms with Crippen LogP contribution in [0.1, 0.15) is 49.0 Å². The zero-order valence-corrected chi connectivity index (χ0v) is 15.5. The maximum atomic E-state index is 12.7. The van der Waals surface area contributed by atoms with Crippen LogP contribution in [-0.4, -0.2) is 18.0 Å². The van der Waals surface area contributed by atoms with Gasteiger partial charge in [0, 0.05) is 22.2 Å². The fraction of sp³-hybridized carbons (Fsp3) is 0.526. The molecule has 1 amide bonds. The molecule has 1 aromatic carbocycles. The standard InChI is InChI=1S/C19H24N2OS.ClH/c22-19(21-13-7-3-1-2-4-8-13)16-11-15-14-9-5-6-10-17(14)23-18(15)12-20-16;/h5-6,9-10,13,16,20H,1-4,7-8,11-12H2,(H,21,22);1H/t16-;/m1./s1. The highest BCUT2D eigenvalue weighted by Crippen LogP contribution is 2.34. The summed E-state index contributed by atoms with van der Waals surface area (Å²) in [6.45, 7) is 0.817. The molecule has 1 aromatic heterocycles. The van der Waals surface area contributed by atoms with Crippen LogP contribution in [0.25, 0.3) is 10.1 Å². The first-order chi connectivity index (χ1) is 11.3. The van der Waals surface area contributed by atoms with Crippen LogP contribution in [0.3, 0.4) is 0 Å². The van der Waals surface area contributed by atoms with E-state index in [0.29, 0.717) is 6.04 Å². The number of amides is 1. The molecule has 3 nitrogen and oxygen atoms in total. The SMILES string of the molecule is Cl.O=C(NC1CCCCCC1)[C@H]1Cc2c(sc3ccccc23)CN1. The Labute approximate surface area is 153 Å². The number of hydrogen-bond acceptors (Lipinski definition) is 3. The van der Waals surface area contributed by atoms with Crippen LogP contribution >= 0.6 is 23.7 Å². The van der Waals surface area contributed by atoms with E-state index in [1.807, 2.05) is 11.3 Å². The van der Waals surface area contributed by atoms with Crippen molar-refractivity contribution >= 4 is 39.7 Å². The lowest BCUT2D eigenvalue weighted by Gasteiger charge is -2.26. The van der Waals surface area contributed by atoms with E-state index < -0.39 is 0 Å². The number of hydrogen-bond donors (Lipinski definition) is 2. The number of carbonyl (C=O) groups is 1. The van der Waals surface area contributed by atoms with E-state index in [4.69, 9.17) is 0 Å². The summed E-state index contributed by atoms with van der Waals surface area (Å²) in [5.74, 6) is 0.192. The van der Waals surface area contributed by atoms with Crippen molar-refractivity contribution in [3.8, 4) is 0 Å². The zero-order chi connectivity index (χ0) is 15.6. The minimum Gasteiger partial charge on any atom is -0.352 e. The van der Waals surface area contributed by atoms with Gasteiger partial charge in [-0.05, 0) is 36.3 Å². The van der Waals surface area contributed by atoms with Gasteiger partial charge in [0.05, 0.1) is 6.04 Å². The Morgan fingerprint density at radius 2 is 1.88 bits per heavy atom. The van der Waals surface area contributed by atoms with Crippen molar-refractivity contribution < 1.29 is 4.79 Å². The predicted octanol–water partition coefficient (Wildman–Crippen LogP) is 4.18. The van der Waals surface area contributed by atoms with Gasteiger partial charge in [-0.25, -0.2) is 0 Å². The molecule has 2 aliphatic rings. The van der Waals surface area contributed by atoms with Gasteiger partial charge in [-0.2, -0.15) is 0 Å². The molecular weight excluding hydrogens is 340 g/mol. The molecular formula is C19H25ClN2OS. The minimum absolute atomic E-state index is 0. The molecule has 24 heavy (non-hydrogen) atoms. The van der Waals surface area contributed by atoms with Crippen molar-refractivity contribution in [2.75, 3.05) is 0 Å². The summed E-state index contributed by atoms with van der Waals surface area (Å²) >= 11 is 1.86. The molecule has 1 aliphatic heterocycles. The first kappa shape index (κ1) is 17.7. The van der Waals surface area contributed by atoms with E-state index in [1.54, 1.807) is 0 Å². The third-order valence-electron chi connectivity index (χ3n) is 5.22. The smallest absolute Gasteiger partial charge is 0.237 e. The summed E-state index contributed by atoms with van der Waals surface area (Å²) in [5.41, 5.74) is 1.38. The molecule has 0 radical (unpaired) electrons. The Bertz CT molecular complexity index is 706. The average Bonchev–Trinajstić information content (AvgIpc) is 2.74. The van der Waals surface area contributed by atoms with Gasteiger partial charge in [-0.15, -0.1) is 23.7 Å². The minimum atomic E-state index is -0.0799. The molecule has 1 aliphatic carbocycles. The summed E-state index contributed by atoms with van der Waals surface area (Å²) in [4.78, 5) is 14.1. The van der Waals surface area contributed by atoms with Gasteiger partial charge in [-0.1, -0.05) is 43.9 Å². The second kappa shape index (κ2) is 7.85. The van der Waals surface area contributed by atoms with E-state index in [0.717, 1.165) is 25.8 Å². The van der Waals surface area contributed by atoms with Crippen molar-refractivity contribution in [2.24, 2.45) is 0 Å². The van der Waals surface area contributed by atoms with Crippen molar-refractivity contribution in [2.45, 2.75) is 63.6 Å². The molecule has 5 heteroatoms. The van der Waals surface area contributed by atoms with E-state index in [-0.39, 0.29) is 24.4 Å². The van der Waals surface area contributed by atoms with Crippen LogP contribution in [0.5, 0.6) is 0 Å². The highest BCUT2D eigenvalue weighted by Gasteiger charge is 2.28. The summed E-state index contributed by atoms with van der Waals surface area (Å²) < 4.78 is 1.34. The van der Waals surface area contributed by atoms with E-state index in [9.17, 15) is 4.79 Å². The van der Waals surface area contributed by atoms with Crippen LogP contribution in [0.15, 0.2) is 24.3 Å². The number of fused-ring (bicyclic) bond motifs is 3. The highest BCUT2D eigenvalue weighted by molar-refractivity contribution is 7.19. The molecule has 1 fully saturated rings. The van der Waals surface area contributed by atoms with Crippen molar-refractivity contribution in [3.63, 3.8) is 0 Å². The van der Waals surface area contributed by atoms with Crippen LogP contribution < -0.4 is 10.6 Å². The molecule has 2 aromatic rings. The summed E-state index contributed by atoms with van der Waals surface area (Å²) in [5, 5.41) is 8.08. The quantitative estimate of drug-likeness (QED) is 0.785. The lowest BCUT2D eigenvalue weighted by Crippen LogP contribution is -2.50. The first-order valence-corrected chi connectivity index (χ1v) is 9.66. The van der Waals surface area contributed by atoms with Gasteiger partial charge in [0.1, 0.15) is 0 Å². The molecule has 1 saturated carbocycles. The number of halogens is 1. The van der Waals surface area contributed by atoms with Crippen molar-refractivity contribution in [1.82, 2.24) is 10.6 Å². The third kappa shape index (κ3) is 3.61. The summed E-state index contributed by atoms with van der Waals surface area (Å²) in [7, 11) is 0. The van der Waals surface area contributed by atoms with Crippen molar-refractivity contribution in [3.05, 3.63) is 34.7 Å². The average molecular weight is 365 g/mol. The second-order valence-electron chi connectivity index (χ2n) is 6.83. The van der Waals surface area contributed by atoms with Gasteiger partial charge in [0.2, 0.25) is 5.91 Å². The zero-order valence-electron chi connectivity index (χ0n) is 13.8. The van der Waals surface area contributed by atoms with Gasteiger partial charge >= 0.3 is 0 Å². The molecule has 4 rings (SSSR count). The second-order valence-corrected chi connectivity index (χ2v) is 7.97. The number of benzene rings is 1. The van der Waals surface area contributed by atoms with Gasteiger partial charge in [0.15, 0.2) is 0 Å². The number of nitrogens with one attached hydrogen (secondary N) is 2. The molecule has 2 heterocycles. The van der Waals surface area contributed by atoms with Gasteiger partial charge < -0.3 is 10.6 Å². The third-order valence-corrected chi connectivity index (χ3v) is 6.43. The Kier molecular flexibility index (Phi) is 5.80. The maximum absolute atomic E-state index is 12.7. The fourth-order valence-electron chi connectivity index (χ4n) is 3.92. The van der Waals surface area contributed by atoms with E-state index in [1.165, 1.54) is 46.2 Å². The summed E-state index contributed by atoms with van der Waals surface area (Å²) in [6, 6.07) is 8.86. The molecule has 0 bridgehead atoms.